The van der Waals surface area contributed by atoms with E-state index in [-0.39, 0.29) is 30.4 Å². The lowest BCUT2D eigenvalue weighted by atomic mass is 10.2. The van der Waals surface area contributed by atoms with Crippen molar-refractivity contribution in [2.45, 2.75) is 25.4 Å². The third kappa shape index (κ3) is 7.61. The Morgan fingerprint density at radius 3 is 2.36 bits per heavy atom. The molecule has 6 nitrogen and oxygen atoms in total. The van der Waals surface area contributed by atoms with Crippen LogP contribution in [0.2, 0.25) is 0 Å². The molecule has 10 heteroatoms. The number of nitrogens with zero attached hydrogens (tertiary/aromatic N) is 5. The molecular formula is C15H24F3IN6. The van der Waals surface area contributed by atoms with E-state index < -0.39 is 12.6 Å². The number of halogens is 4. The molecule has 1 N–H and O–H groups in total. The Morgan fingerprint density at radius 2 is 1.80 bits per heavy atom. The second-order valence-electron chi connectivity index (χ2n) is 5.57. The van der Waals surface area contributed by atoms with Crippen LogP contribution < -0.4 is 10.2 Å². The van der Waals surface area contributed by atoms with Gasteiger partial charge in [-0.3, -0.25) is 4.99 Å². The monoisotopic (exact) mass is 472 g/mol. The van der Waals surface area contributed by atoms with Gasteiger partial charge < -0.3 is 15.1 Å². The van der Waals surface area contributed by atoms with Gasteiger partial charge in [0.05, 0.1) is 0 Å². The van der Waals surface area contributed by atoms with Gasteiger partial charge in [0.1, 0.15) is 0 Å². The molecular weight excluding hydrogens is 448 g/mol. The number of alkyl halides is 3. The molecule has 0 aliphatic carbocycles. The first-order valence-electron chi connectivity index (χ1n) is 8.04. The van der Waals surface area contributed by atoms with E-state index in [2.05, 4.69) is 30.1 Å². The second kappa shape index (κ2) is 10.6. The predicted octanol–water partition coefficient (Wildman–Crippen LogP) is 2.52. The van der Waals surface area contributed by atoms with Crippen LogP contribution in [0.5, 0.6) is 0 Å². The van der Waals surface area contributed by atoms with Crippen molar-refractivity contribution in [2.75, 3.05) is 44.7 Å². The van der Waals surface area contributed by atoms with Crippen LogP contribution in [0.15, 0.2) is 23.5 Å². The minimum Gasteiger partial charge on any atom is -0.356 e. The van der Waals surface area contributed by atoms with Gasteiger partial charge in [-0.1, -0.05) is 0 Å². The van der Waals surface area contributed by atoms with E-state index >= 15 is 0 Å². The molecule has 0 saturated carbocycles. The molecule has 142 valence electrons. The van der Waals surface area contributed by atoms with E-state index in [1.54, 1.807) is 25.5 Å². The predicted molar refractivity (Wildman–Crippen MR) is 103 cm³/mol. The Kier molecular flexibility index (Phi) is 9.22. The van der Waals surface area contributed by atoms with Gasteiger partial charge in [-0.05, 0) is 18.9 Å². The third-order valence-corrected chi connectivity index (χ3v) is 3.80. The Balaban J connectivity index is 0.00000312. The van der Waals surface area contributed by atoms with Gasteiger partial charge in [-0.15, -0.1) is 24.0 Å². The first-order valence-corrected chi connectivity index (χ1v) is 8.04. The van der Waals surface area contributed by atoms with Gasteiger partial charge in [0.15, 0.2) is 5.96 Å². The summed E-state index contributed by atoms with van der Waals surface area (Å²) >= 11 is 0. The number of guanidine groups is 1. The van der Waals surface area contributed by atoms with Gasteiger partial charge in [-0.2, -0.15) is 13.2 Å². The maximum atomic E-state index is 12.1. The Morgan fingerprint density at radius 1 is 1.16 bits per heavy atom. The van der Waals surface area contributed by atoms with Crippen molar-refractivity contribution in [3.8, 4) is 0 Å². The highest BCUT2D eigenvalue weighted by atomic mass is 127. The average Bonchev–Trinajstić information content (AvgIpc) is 2.58. The van der Waals surface area contributed by atoms with Crippen LogP contribution in [0, 0.1) is 0 Å². The van der Waals surface area contributed by atoms with E-state index in [9.17, 15) is 13.2 Å². The molecule has 0 amide bonds. The van der Waals surface area contributed by atoms with Crippen molar-refractivity contribution < 1.29 is 13.2 Å². The highest BCUT2D eigenvalue weighted by molar-refractivity contribution is 14.0. The van der Waals surface area contributed by atoms with Crippen molar-refractivity contribution >= 4 is 35.9 Å². The summed E-state index contributed by atoms with van der Waals surface area (Å²) in [6.07, 6.45) is -0.768. The molecule has 0 aromatic carbocycles. The molecule has 2 heterocycles. The SMILES string of the molecule is CN=C(NCCCCC(F)(F)F)N1CCN(c2ncccn2)CC1.I. The minimum atomic E-state index is -4.07. The summed E-state index contributed by atoms with van der Waals surface area (Å²) in [5.41, 5.74) is 0. The maximum absolute atomic E-state index is 12.1. The fourth-order valence-electron chi connectivity index (χ4n) is 2.56. The van der Waals surface area contributed by atoms with Crippen molar-refractivity contribution in [3.05, 3.63) is 18.5 Å². The topological polar surface area (TPSA) is 56.7 Å². The van der Waals surface area contributed by atoms with Crippen molar-refractivity contribution in [1.29, 1.82) is 0 Å². The van der Waals surface area contributed by atoms with Gasteiger partial charge in [0.2, 0.25) is 5.95 Å². The number of unbranched alkanes of at least 4 members (excludes halogenated alkanes) is 1. The smallest absolute Gasteiger partial charge is 0.356 e. The lowest BCUT2D eigenvalue weighted by Crippen LogP contribution is -2.53. The molecule has 0 bridgehead atoms. The van der Waals surface area contributed by atoms with E-state index in [4.69, 9.17) is 0 Å². The molecule has 1 aliphatic heterocycles. The maximum Gasteiger partial charge on any atom is 0.389 e. The summed E-state index contributed by atoms with van der Waals surface area (Å²) in [5, 5.41) is 3.14. The Bertz CT molecular complexity index is 518. The van der Waals surface area contributed by atoms with E-state index in [1.165, 1.54) is 0 Å². The number of anilines is 1. The van der Waals surface area contributed by atoms with Crippen LogP contribution in [0.4, 0.5) is 19.1 Å². The minimum absolute atomic E-state index is 0. The van der Waals surface area contributed by atoms with E-state index in [0.717, 1.165) is 32.1 Å². The molecule has 1 aromatic rings. The van der Waals surface area contributed by atoms with Crippen LogP contribution in [0.1, 0.15) is 19.3 Å². The molecule has 25 heavy (non-hydrogen) atoms. The van der Waals surface area contributed by atoms with E-state index in [1.807, 2.05) is 0 Å². The van der Waals surface area contributed by atoms with Crippen molar-refractivity contribution in [3.63, 3.8) is 0 Å². The van der Waals surface area contributed by atoms with Crippen LogP contribution in [0.25, 0.3) is 0 Å². The largest absolute Gasteiger partial charge is 0.389 e. The average molecular weight is 472 g/mol. The number of nitrogens with one attached hydrogen (secondary N) is 1. The zero-order valence-electron chi connectivity index (χ0n) is 14.2. The number of aromatic nitrogens is 2. The molecule has 0 unspecified atom stereocenters. The second-order valence-corrected chi connectivity index (χ2v) is 5.57. The highest BCUT2D eigenvalue weighted by Gasteiger charge is 2.26. The van der Waals surface area contributed by atoms with Gasteiger partial charge in [-0.25, -0.2) is 9.97 Å². The zero-order valence-corrected chi connectivity index (χ0v) is 16.5. The summed E-state index contributed by atoms with van der Waals surface area (Å²) < 4.78 is 36.3. The highest BCUT2D eigenvalue weighted by Crippen LogP contribution is 2.21. The third-order valence-electron chi connectivity index (χ3n) is 3.80. The normalized spacial score (nSPS) is 15.8. The quantitative estimate of drug-likeness (QED) is 0.309. The molecule has 1 aromatic heterocycles. The molecule has 0 radical (unpaired) electrons. The van der Waals surface area contributed by atoms with Crippen LogP contribution >= 0.6 is 24.0 Å². The molecule has 2 rings (SSSR count). The molecule has 1 fully saturated rings. The lowest BCUT2D eigenvalue weighted by molar-refractivity contribution is -0.135. The van der Waals surface area contributed by atoms with Gasteiger partial charge >= 0.3 is 6.18 Å². The first-order chi connectivity index (χ1) is 11.5. The summed E-state index contributed by atoms with van der Waals surface area (Å²) in [5.74, 6) is 1.45. The Labute approximate surface area is 162 Å². The van der Waals surface area contributed by atoms with Crippen LogP contribution in [-0.2, 0) is 0 Å². The fourth-order valence-corrected chi connectivity index (χ4v) is 2.56. The van der Waals surface area contributed by atoms with Gasteiger partial charge in [0, 0.05) is 58.6 Å². The van der Waals surface area contributed by atoms with Crippen molar-refractivity contribution in [2.24, 2.45) is 4.99 Å². The lowest BCUT2D eigenvalue weighted by Gasteiger charge is -2.36. The molecule has 0 spiro atoms. The summed E-state index contributed by atoms with van der Waals surface area (Å²) in [7, 11) is 1.69. The number of aliphatic imine (C=N–C) groups is 1. The number of hydrogen-bond donors (Lipinski definition) is 1. The zero-order chi connectivity index (χ0) is 17.4. The number of hydrogen-bond acceptors (Lipinski definition) is 4. The van der Waals surface area contributed by atoms with Crippen LogP contribution in [-0.4, -0.2) is 66.8 Å². The summed E-state index contributed by atoms with van der Waals surface area (Å²) in [6, 6.07) is 1.78. The van der Waals surface area contributed by atoms with Crippen molar-refractivity contribution in [1.82, 2.24) is 20.2 Å². The first kappa shape index (κ1) is 21.7. The molecule has 1 saturated heterocycles. The fraction of sp³-hybridized carbons (Fsp3) is 0.667. The van der Waals surface area contributed by atoms with Gasteiger partial charge in [0.25, 0.3) is 0 Å². The molecule has 0 atom stereocenters. The number of piperazine rings is 1. The number of rotatable bonds is 5. The van der Waals surface area contributed by atoms with Crippen LogP contribution in [0.3, 0.4) is 0 Å². The standard InChI is InChI=1S/C15H23F3N6.HI/c1-19-13(20-6-3-2-5-15(16,17)18)23-9-11-24(12-10-23)14-21-7-4-8-22-14;/h4,7-8H,2-3,5-6,9-12H2,1H3,(H,19,20);1H. The summed E-state index contributed by atoms with van der Waals surface area (Å²) in [6.45, 7) is 3.57. The summed E-state index contributed by atoms with van der Waals surface area (Å²) in [4.78, 5) is 16.9. The van der Waals surface area contributed by atoms with E-state index in [0.29, 0.717) is 18.9 Å². The molecule has 1 aliphatic rings. The Hall–Kier alpha value is -1.33.